The Kier molecular flexibility index (Phi) is 13.1. The number of ether oxygens (including phenoxy) is 2. The first-order chi connectivity index (χ1) is 17.7. The number of nitrogens with two attached hydrogens (primary N) is 1. The highest BCUT2D eigenvalue weighted by molar-refractivity contribution is 5.90. The van der Waals surface area contributed by atoms with E-state index in [-0.39, 0.29) is 11.3 Å². The van der Waals surface area contributed by atoms with Crippen LogP contribution in [0.3, 0.4) is 0 Å². The molecule has 2 N–H and O–H groups in total. The average Bonchev–Trinajstić information content (AvgIpc) is 2.83. The number of anilines is 1. The van der Waals surface area contributed by atoms with Crippen molar-refractivity contribution in [3.8, 4) is 11.5 Å². The summed E-state index contributed by atoms with van der Waals surface area (Å²) in [5.74, 6) is 0.769. The molecule has 1 aromatic heterocycles. The Morgan fingerprint density at radius 1 is 0.865 bits per heavy atom. The Morgan fingerprint density at radius 2 is 1.51 bits per heavy atom. The van der Waals surface area contributed by atoms with Crippen LogP contribution in [-0.2, 0) is 6.54 Å². The molecule has 204 valence electrons. The van der Waals surface area contributed by atoms with Gasteiger partial charge in [0.2, 0.25) is 5.75 Å². The molecule has 0 atom stereocenters. The molecule has 0 aliphatic heterocycles. The zero-order chi connectivity index (χ0) is 27.2. The van der Waals surface area contributed by atoms with Gasteiger partial charge in [-0.2, -0.15) is 0 Å². The second kappa shape index (κ2) is 16.0. The van der Waals surface area contributed by atoms with E-state index in [1.54, 1.807) is 0 Å². The van der Waals surface area contributed by atoms with Gasteiger partial charge in [0.05, 0.1) is 5.52 Å². The number of unbranched alkanes of at least 4 members (excludes halogenated alkanes) is 5. The first kappa shape index (κ1) is 30.3. The maximum absolute atomic E-state index is 13.8. The van der Waals surface area contributed by atoms with Crippen LogP contribution in [0, 0.1) is 0 Å². The van der Waals surface area contributed by atoms with Gasteiger partial charge in [-0.15, -0.1) is 0 Å². The highest BCUT2D eigenvalue weighted by atomic mass is 16.5. The molecule has 0 unspecified atom stereocenters. The van der Waals surface area contributed by atoms with Crippen molar-refractivity contribution < 1.29 is 9.47 Å². The number of allylic oxidation sites excluding steroid dienone is 4. The number of aromatic nitrogens is 1. The molecule has 0 saturated carbocycles. The van der Waals surface area contributed by atoms with Gasteiger partial charge in [-0.3, -0.25) is 4.79 Å². The lowest BCUT2D eigenvalue weighted by molar-refractivity contribution is 0.303. The average molecular weight is 509 g/mol. The summed E-state index contributed by atoms with van der Waals surface area (Å²) in [6.07, 6.45) is 15.2. The lowest BCUT2D eigenvalue weighted by atomic mass is 10.1. The van der Waals surface area contributed by atoms with E-state index < -0.39 is 0 Å². The van der Waals surface area contributed by atoms with Gasteiger partial charge in [0.15, 0.2) is 5.75 Å². The SMILES string of the molecule is CCCCCCCCn1c(=O)c(OCC=C(C)CCC=C(C)C)c(OCC=C(C)C)c2ccc(N)cc21. The molecule has 2 aromatic rings. The number of nitrogens with zero attached hydrogens (tertiary/aromatic N) is 1. The van der Waals surface area contributed by atoms with Crippen LogP contribution < -0.4 is 20.8 Å². The summed E-state index contributed by atoms with van der Waals surface area (Å²) in [5, 5.41) is 0.848. The number of hydrogen-bond donors (Lipinski definition) is 1. The van der Waals surface area contributed by atoms with Gasteiger partial charge >= 0.3 is 0 Å². The van der Waals surface area contributed by atoms with Crippen LogP contribution in [0.25, 0.3) is 10.9 Å². The molecule has 0 aliphatic carbocycles. The zero-order valence-corrected chi connectivity index (χ0v) is 24.0. The van der Waals surface area contributed by atoms with E-state index in [1.165, 1.54) is 36.8 Å². The molecule has 37 heavy (non-hydrogen) atoms. The highest BCUT2D eigenvalue weighted by Crippen LogP contribution is 2.34. The van der Waals surface area contributed by atoms with Crippen LogP contribution in [0.4, 0.5) is 5.69 Å². The molecule has 5 heteroatoms. The lowest BCUT2D eigenvalue weighted by Crippen LogP contribution is -2.24. The van der Waals surface area contributed by atoms with Crippen molar-refractivity contribution >= 4 is 16.6 Å². The van der Waals surface area contributed by atoms with Crippen molar-refractivity contribution in [1.82, 2.24) is 4.57 Å². The number of pyridine rings is 1. The number of nitrogen functional groups attached to an aromatic ring is 1. The van der Waals surface area contributed by atoms with Gasteiger partial charge in [-0.1, -0.05) is 61.8 Å². The van der Waals surface area contributed by atoms with E-state index in [4.69, 9.17) is 15.2 Å². The lowest BCUT2D eigenvalue weighted by Gasteiger charge is -2.18. The van der Waals surface area contributed by atoms with E-state index in [2.05, 4.69) is 39.8 Å². The minimum atomic E-state index is -0.158. The number of fused-ring (bicyclic) bond motifs is 1. The predicted molar refractivity (Wildman–Crippen MR) is 159 cm³/mol. The fourth-order valence-electron chi connectivity index (χ4n) is 4.21. The maximum Gasteiger partial charge on any atom is 0.297 e. The van der Waals surface area contributed by atoms with E-state index in [1.807, 2.05) is 42.7 Å². The molecule has 0 aliphatic rings. The van der Waals surface area contributed by atoms with E-state index in [9.17, 15) is 4.79 Å². The minimum Gasteiger partial charge on any atom is -0.485 e. The van der Waals surface area contributed by atoms with Gasteiger partial charge in [-0.25, -0.2) is 0 Å². The summed E-state index contributed by atoms with van der Waals surface area (Å²) in [6.45, 7) is 13.9. The molecule has 5 nitrogen and oxygen atoms in total. The van der Waals surface area contributed by atoms with Gasteiger partial charge < -0.3 is 19.8 Å². The van der Waals surface area contributed by atoms with Crippen molar-refractivity contribution in [2.75, 3.05) is 18.9 Å². The summed E-state index contributed by atoms with van der Waals surface area (Å²) < 4.78 is 14.2. The van der Waals surface area contributed by atoms with Gasteiger partial charge in [-0.05, 0) is 84.2 Å². The van der Waals surface area contributed by atoms with E-state index >= 15 is 0 Å². The Balaban J connectivity index is 2.40. The first-order valence-electron chi connectivity index (χ1n) is 13.9. The fourth-order valence-corrected chi connectivity index (χ4v) is 4.21. The molecule has 0 saturated heterocycles. The largest absolute Gasteiger partial charge is 0.485 e. The van der Waals surface area contributed by atoms with Gasteiger partial charge in [0.1, 0.15) is 13.2 Å². The van der Waals surface area contributed by atoms with Gasteiger partial charge in [0.25, 0.3) is 5.56 Å². The minimum absolute atomic E-state index is 0.158. The molecule has 2 rings (SSSR count). The third-order valence-corrected chi connectivity index (χ3v) is 6.41. The predicted octanol–water partition coefficient (Wildman–Crippen LogP) is 8.36. The van der Waals surface area contributed by atoms with Crippen LogP contribution >= 0.6 is 0 Å². The highest BCUT2D eigenvalue weighted by Gasteiger charge is 2.20. The van der Waals surface area contributed by atoms with Crippen LogP contribution in [0.5, 0.6) is 11.5 Å². The second-order valence-electron chi connectivity index (χ2n) is 10.4. The Bertz CT molecular complexity index is 1150. The quantitative estimate of drug-likeness (QED) is 0.140. The van der Waals surface area contributed by atoms with Crippen LogP contribution in [-0.4, -0.2) is 17.8 Å². The molecular formula is C32H48N2O3. The van der Waals surface area contributed by atoms with Crippen LogP contribution in [0.15, 0.2) is 57.9 Å². The summed E-state index contributed by atoms with van der Waals surface area (Å²) in [5.41, 5.74) is 11.1. The molecular weight excluding hydrogens is 460 g/mol. The first-order valence-corrected chi connectivity index (χ1v) is 13.9. The Morgan fingerprint density at radius 3 is 2.22 bits per heavy atom. The summed E-state index contributed by atoms with van der Waals surface area (Å²) in [7, 11) is 0. The van der Waals surface area contributed by atoms with Crippen LogP contribution in [0.2, 0.25) is 0 Å². The molecule has 1 aromatic carbocycles. The maximum atomic E-state index is 13.8. The molecule has 0 amide bonds. The van der Waals surface area contributed by atoms with Gasteiger partial charge in [0, 0.05) is 17.6 Å². The normalized spacial score (nSPS) is 11.5. The molecule has 1 heterocycles. The fraction of sp³-hybridized carbons (Fsp3) is 0.531. The number of rotatable bonds is 16. The van der Waals surface area contributed by atoms with Crippen molar-refractivity contribution in [2.45, 2.75) is 99.5 Å². The molecule has 0 fully saturated rings. The van der Waals surface area contributed by atoms with Crippen molar-refractivity contribution in [1.29, 1.82) is 0 Å². The van der Waals surface area contributed by atoms with E-state index in [0.717, 1.165) is 42.2 Å². The number of benzene rings is 1. The molecule has 0 radical (unpaired) electrons. The van der Waals surface area contributed by atoms with Crippen molar-refractivity contribution in [3.63, 3.8) is 0 Å². The topological polar surface area (TPSA) is 66.5 Å². The number of hydrogen-bond acceptors (Lipinski definition) is 4. The zero-order valence-electron chi connectivity index (χ0n) is 24.0. The summed E-state index contributed by atoms with van der Waals surface area (Å²) in [4.78, 5) is 13.8. The monoisotopic (exact) mass is 508 g/mol. The smallest absolute Gasteiger partial charge is 0.297 e. The standard InChI is InChI=1S/C32H48N2O3/c1-7-8-9-10-11-12-20-34-29-23-27(33)16-17-28(29)30(36-21-18-25(4)5)31(32(34)35)37-22-19-26(6)15-13-14-24(2)3/h14,16-19,23H,7-13,15,20-22,33H2,1-6H3. The number of aryl methyl sites for hydroxylation is 1. The molecule has 0 bridgehead atoms. The van der Waals surface area contributed by atoms with Crippen LogP contribution in [0.1, 0.15) is 92.9 Å². The molecule has 0 spiro atoms. The third kappa shape index (κ3) is 10.1. The Labute approximate surface area is 224 Å². The van der Waals surface area contributed by atoms with Crippen molar-refractivity contribution in [2.24, 2.45) is 0 Å². The Hall–Kier alpha value is -2.95. The second-order valence-corrected chi connectivity index (χ2v) is 10.4. The summed E-state index contributed by atoms with van der Waals surface area (Å²) >= 11 is 0. The van der Waals surface area contributed by atoms with E-state index in [0.29, 0.717) is 31.2 Å². The summed E-state index contributed by atoms with van der Waals surface area (Å²) in [6, 6.07) is 5.67. The van der Waals surface area contributed by atoms with Crippen molar-refractivity contribution in [3.05, 3.63) is 63.5 Å². The third-order valence-electron chi connectivity index (χ3n) is 6.41.